The molecule has 0 aliphatic rings. The van der Waals surface area contributed by atoms with Gasteiger partial charge in [-0.15, -0.1) is 0 Å². The summed E-state index contributed by atoms with van der Waals surface area (Å²) in [6.45, 7) is 3.88. The molecule has 0 aliphatic carbocycles. The van der Waals surface area contributed by atoms with Gasteiger partial charge in [0.05, 0.1) is 11.1 Å². The van der Waals surface area contributed by atoms with E-state index in [1.165, 1.54) is 0 Å². The van der Waals surface area contributed by atoms with Crippen LogP contribution in [-0.2, 0) is 0 Å². The summed E-state index contributed by atoms with van der Waals surface area (Å²) in [6.07, 6.45) is 3.30. The van der Waals surface area contributed by atoms with Crippen molar-refractivity contribution in [2.75, 3.05) is 10.7 Å². The van der Waals surface area contributed by atoms with Crippen LogP contribution in [0.2, 0.25) is 0 Å². The second-order valence-corrected chi connectivity index (χ2v) is 5.15. The highest BCUT2D eigenvalue weighted by Gasteiger charge is 2.24. The van der Waals surface area contributed by atoms with Crippen molar-refractivity contribution in [2.24, 2.45) is 0 Å². The number of nitrogens with zero attached hydrogens (tertiary/aromatic N) is 1. The minimum atomic E-state index is -0.291. The first-order chi connectivity index (χ1) is 7.50. The quantitative estimate of drug-likeness (QED) is 0.849. The number of alkyl halides is 2. The van der Waals surface area contributed by atoms with Crippen LogP contribution in [0, 0.1) is 6.92 Å². The van der Waals surface area contributed by atoms with Crippen LogP contribution in [0.4, 0.5) is 0 Å². The van der Waals surface area contributed by atoms with Gasteiger partial charge in [-0.1, -0.05) is 31.9 Å². The third kappa shape index (κ3) is 3.56. The molecule has 1 aromatic heterocycles. The van der Waals surface area contributed by atoms with Crippen LogP contribution in [0.5, 0.6) is 0 Å². The summed E-state index contributed by atoms with van der Waals surface area (Å²) in [4.78, 5) is 15.9. The lowest BCUT2D eigenvalue weighted by molar-refractivity contribution is 0.0922. The van der Waals surface area contributed by atoms with E-state index in [0.717, 1.165) is 5.56 Å². The largest absolute Gasteiger partial charge is 0.345 e. The van der Waals surface area contributed by atoms with E-state index in [2.05, 4.69) is 42.2 Å². The number of nitrogens with one attached hydrogen (secondary N) is 1. The van der Waals surface area contributed by atoms with Crippen molar-refractivity contribution in [1.29, 1.82) is 0 Å². The molecule has 5 heteroatoms. The Kier molecular flexibility index (Phi) is 4.92. The standard InChI is InChI=1S/C11H14Br2N2O/c1-8-3-9(5-14-4-8)10(16)15-11(2,6-12)7-13/h3-5H,6-7H2,1-2H3,(H,15,16). The molecule has 1 N–H and O–H groups in total. The zero-order chi connectivity index (χ0) is 12.2. The average molecular weight is 350 g/mol. The molecule has 0 unspecified atom stereocenters. The van der Waals surface area contributed by atoms with Gasteiger partial charge in [-0.25, -0.2) is 0 Å². The highest BCUT2D eigenvalue weighted by Crippen LogP contribution is 2.13. The number of hydrogen-bond acceptors (Lipinski definition) is 2. The Morgan fingerprint density at radius 1 is 1.44 bits per heavy atom. The second-order valence-electron chi connectivity index (χ2n) is 4.03. The lowest BCUT2D eigenvalue weighted by atomic mass is 10.1. The molecule has 88 valence electrons. The van der Waals surface area contributed by atoms with Crippen molar-refractivity contribution in [3.63, 3.8) is 0 Å². The van der Waals surface area contributed by atoms with Crippen molar-refractivity contribution >= 4 is 37.8 Å². The van der Waals surface area contributed by atoms with Crippen LogP contribution in [-0.4, -0.2) is 27.1 Å². The van der Waals surface area contributed by atoms with E-state index in [0.29, 0.717) is 16.2 Å². The molecule has 1 amide bonds. The number of rotatable bonds is 4. The number of aromatic nitrogens is 1. The molecule has 1 rings (SSSR count). The number of hydrogen-bond donors (Lipinski definition) is 1. The van der Waals surface area contributed by atoms with Crippen molar-refractivity contribution in [3.8, 4) is 0 Å². The minimum absolute atomic E-state index is 0.0994. The monoisotopic (exact) mass is 348 g/mol. The summed E-state index contributed by atoms with van der Waals surface area (Å²) in [5.41, 5.74) is 1.28. The highest BCUT2D eigenvalue weighted by molar-refractivity contribution is 9.09. The zero-order valence-corrected chi connectivity index (χ0v) is 12.4. The Balaban J connectivity index is 2.80. The lowest BCUT2D eigenvalue weighted by Crippen LogP contribution is -2.49. The SMILES string of the molecule is Cc1cncc(C(=O)NC(C)(CBr)CBr)c1. The summed E-state index contributed by atoms with van der Waals surface area (Å²) >= 11 is 6.77. The third-order valence-electron chi connectivity index (χ3n) is 2.14. The number of pyridine rings is 1. The second kappa shape index (κ2) is 5.77. The maximum atomic E-state index is 11.9. The van der Waals surface area contributed by atoms with Gasteiger partial charge in [0, 0.05) is 23.1 Å². The van der Waals surface area contributed by atoms with Crippen molar-refractivity contribution < 1.29 is 4.79 Å². The van der Waals surface area contributed by atoms with Crippen molar-refractivity contribution in [2.45, 2.75) is 19.4 Å². The summed E-state index contributed by atoms with van der Waals surface area (Å²) in [5, 5.41) is 4.34. The van der Waals surface area contributed by atoms with E-state index >= 15 is 0 Å². The zero-order valence-electron chi connectivity index (χ0n) is 9.26. The number of halogens is 2. The Morgan fingerprint density at radius 2 is 2.06 bits per heavy atom. The number of aryl methyl sites for hydroxylation is 1. The van der Waals surface area contributed by atoms with E-state index in [1.807, 2.05) is 19.9 Å². The fourth-order valence-electron chi connectivity index (χ4n) is 1.13. The molecule has 0 saturated heterocycles. The predicted molar refractivity (Wildman–Crippen MR) is 72.4 cm³/mol. The molecule has 16 heavy (non-hydrogen) atoms. The molecule has 0 radical (unpaired) electrons. The molecular weight excluding hydrogens is 336 g/mol. The van der Waals surface area contributed by atoms with E-state index < -0.39 is 0 Å². The van der Waals surface area contributed by atoms with Crippen LogP contribution < -0.4 is 5.32 Å². The fourth-order valence-corrected chi connectivity index (χ4v) is 2.34. The Bertz CT molecular complexity index is 378. The Morgan fingerprint density at radius 3 is 2.56 bits per heavy atom. The molecule has 0 fully saturated rings. The smallest absolute Gasteiger partial charge is 0.253 e. The Hall–Kier alpha value is -0.420. The maximum absolute atomic E-state index is 11.9. The first-order valence-corrected chi connectivity index (χ1v) is 7.11. The maximum Gasteiger partial charge on any atom is 0.253 e. The first kappa shape index (κ1) is 13.6. The van der Waals surface area contributed by atoms with Gasteiger partial charge in [0.15, 0.2) is 0 Å². The molecule has 0 aromatic carbocycles. The van der Waals surface area contributed by atoms with Gasteiger partial charge in [-0.3, -0.25) is 9.78 Å². The summed E-state index contributed by atoms with van der Waals surface area (Å²) in [6, 6.07) is 1.82. The molecule has 3 nitrogen and oxygen atoms in total. The van der Waals surface area contributed by atoms with Gasteiger partial charge < -0.3 is 5.32 Å². The van der Waals surface area contributed by atoms with Crippen molar-refractivity contribution in [3.05, 3.63) is 29.6 Å². The molecule has 0 atom stereocenters. The molecule has 1 aromatic rings. The molecular formula is C11H14Br2N2O. The van der Waals surface area contributed by atoms with E-state index in [9.17, 15) is 4.79 Å². The third-order valence-corrected chi connectivity index (χ3v) is 4.62. The van der Waals surface area contributed by atoms with Gasteiger partial charge in [0.1, 0.15) is 0 Å². The average Bonchev–Trinajstić information content (AvgIpc) is 2.29. The Labute approximate surface area is 112 Å². The van der Waals surface area contributed by atoms with Gasteiger partial charge in [0.25, 0.3) is 5.91 Å². The molecule has 0 bridgehead atoms. The van der Waals surface area contributed by atoms with Gasteiger partial charge in [-0.2, -0.15) is 0 Å². The minimum Gasteiger partial charge on any atom is -0.345 e. The molecule has 0 spiro atoms. The predicted octanol–water partition coefficient (Wildman–Crippen LogP) is 2.67. The summed E-state index contributed by atoms with van der Waals surface area (Å²) in [7, 11) is 0. The van der Waals surface area contributed by atoms with E-state index in [4.69, 9.17) is 0 Å². The molecule has 0 aliphatic heterocycles. The number of carbonyl (C=O) groups is 1. The van der Waals surface area contributed by atoms with E-state index in [1.54, 1.807) is 12.4 Å². The number of carbonyl (C=O) groups excluding carboxylic acids is 1. The van der Waals surface area contributed by atoms with Gasteiger partial charge >= 0.3 is 0 Å². The first-order valence-electron chi connectivity index (χ1n) is 4.87. The normalized spacial score (nSPS) is 11.2. The summed E-state index contributed by atoms with van der Waals surface area (Å²) in [5.74, 6) is -0.0994. The van der Waals surface area contributed by atoms with Crippen LogP contribution in [0.25, 0.3) is 0 Å². The molecule has 1 heterocycles. The van der Waals surface area contributed by atoms with Crippen LogP contribution in [0.1, 0.15) is 22.8 Å². The van der Waals surface area contributed by atoms with Gasteiger partial charge in [0.2, 0.25) is 0 Å². The number of amides is 1. The topological polar surface area (TPSA) is 42.0 Å². The van der Waals surface area contributed by atoms with Crippen molar-refractivity contribution in [1.82, 2.24) is 10.3 Å². The van der Waals surface area contributed by atoms with Crippen LogP contribution >= 0.6 is 31.9 Å². The van der Waals surface area contributed by atoms with Gasteiger partial charge in [-0.05, 0) is 25.5 Å². The highest BCUT2D eigenvalue weighted by atomic mass is 79.9. The summed E-state index contributed by atoms with van der Waals surface area (Å²) < 4.78 is 0. The lowest BCUT2D eigenvalue weighted by Gasteiger charge is -2.26. The fraction of sp³-hybridized carbons (Fsp3) is 0.455. The van der Waals surface area contributed by atoms with Crippen LogP contribution in [0.3, 0.4) is 0 Å². The molecule has 0 saturated carbocycles. The van der Waals surface area contributed by atoms with E-state index in [-0.39, 0.29) is 11.4 Å². The van der Waals surface area contributed by atoms with Crippen LogP contribution in [0.15, 0.2) is 18.5 Å².